The zero-order valence-corrected chi connectivity index (χ0v) is 11.8. The maximum absolute atomic E-state index is 9.66. The first-order valence-corrected chi connectivity index (χ1v) is 7.54. The molecule has 2 N–H and O–H groups in total. The minimum Gasteiger partial charge on any atom is -0.493 e. The van der Waals surface area contributed by atoms with Gasteiger partial charge in [-0.25, -0.2) is 0 Å². The van der Waals surface area contributed by atoms with Crippen LogP contribution in [0.5, 0.6) is 5.75 Å². The van der Waals surface area contributed by atoms with Crippen LogP contribution in [-0.4, -0.2) is 53.6 Å². The summed E-state index contributed by atoms with van der Waals surface area (Å²) in [6.07, 6.45) is 3.55. The van der Waals surface area contributed by atoms with Gasteiger partial charge in [0.25, 0.3) is 0 Å². The number of β-amino-alcohol motifs (C(OH)–C–C–N with tert-alkyl or cyclic N) is 1. The molecule has 1 saturated heterocycles. The van der Waals surface area contributed by atoms with Crippen LogP contribution in [0, 0.1) is 0 Å². The van der Waals surface area contributed by atoms with Crippen molar-refractivity contribution in [3.8, 4) is 5.75 Å². The zero-order chi connectivity index (χ0) is 13.9. The largest absolute Gasteiger partial charge is 0.493 e. The monoisotopic (exact) mass is 277 g/mol. The van der Waals surface area contributed by atoms with E-state index in [0.29, 0.717) is 13.0 Å². The van der Waals surface area contributed by atoms with Gasteiger partial charge in [0.15, 0.2) is 0 Å². The smallest absolute Gasteiger partial charge is 0.122 e. The molecule has 0 radical (unpaired) electrons. The van der Waals surface area contributed by atoms with E-state index < -0.39 is 0 Å². The summed E-state index contributed by atoms with van der Waals surface area (Å²) >= 11 is 0. The van der Waals surface area contributed by atoms with E-state index in [1.807, 2.05) is 0 Å². The third-order valence-corrected chi connectivity index (χ3v) is 4.38. The molecule has 1 aromatic rings. The van der Waals surface area contributed by atoms with Crippen molar-refractivity contribution in [2.24, 2.45) is 0 Å². The summed E-state index contributed by atoms with van der Waals surface area (Å²) in [7, 11) is 0. The molecule has 2 atom stereocenters. The lowest BCUT2D eigenvalue weighted by Gasteiger charge is -2.22. The lowest BCUT2D eigenvalue weighted by molar-refractivity contribution is 0.154. The molecule has 2 heterocycles. The molecule has 20 heavy (non-hydrogen) atoms. The molecule has 2 aliphatic heterocycles. The highest BCUT2D eigenvalue weighted by Crippen LogP contribution is 2.26. The topological polar surface area (TPSA) is 52.9 Å². The summed E-state index contributed by atoms with van der Waals surface area (Å²) < 4.78 is 5.52. The van der Waals surface area contributed by atoms with Crippen molar-refractivity contribution in [1.82, 2.24) is 4.90 Å². The number of aryl methyl sites for hydroxylation is 1. The normalized spacial score (nSPS) is 25.7. The maximum Gasteiger partial charge on any atom is 0.122 e. The van der Waals surface area contributed by atoms with Crippen LogP contribution in [0.3, 0.4) is 0 Å². The Balaban J connectivity index is 1.50. The van der Waals surface area contributed by atoms with Crippen LogP contribution in [0.4, 0.5) is 0 Å². The fourth-order valence-corrected chi connectivity index (χ4v) is 3.30. The first-order chi connectivity index (χ1) is 9.76. The highest BCUT2D eigenvalue weighted by atomic mass is 16.5. The van der Waals surface area contributed by atoms with Crippen LogP contribution in [-0.2, 0) is 12.8 Å². The van der Waals surface area contributed by atoms with Gasteiger partial charge in [-0.1, -0.05) is 12.1 Å². The van der Waals surface area contributed by atoms with Gasteiger partial charge in [0.05, 0.1) is 19.3 Å². The van der Waals surface area contributed by atoms with Crippen molar-refractivity contribution >= 4 is 0 Å². The highest BCUT2D eigenvalue weighted by molar-refractivity contribution is 5.39. The average Bonchev–Trinajstić information content (AvgIpc) is 3.04. The van der Waals surface area contributed by atoms with Gasteiger partial charge >= 0.3 is 0 Å². The third kappa shape index (κ3) is 2.97. The van der Waals surface area contributed by atoms with Crippen molar-refractivity contribution in [2.45, 2.75) is 37.8 Å². The number of hydrogen-bond acceptors (Lipinski definition) is 4. The molecular weight excluding hydrogens is 254 g/mol. The van der Waals surface area contributed by atoms with Crippen molar-refractivity contribution in [2.75, 3.05) is 26.3 Å². The lowest BCUT2D eigenvalue weighted by Crippen LogP contribution is -2.33. The number of aliphatic hydroxyl groups excluding tert-OH is 2. The van der Waals surface area contributed by atoms with Gasteiger partial charge in [0, 0.05) is 19.0 Å². The standard InChI is InChI=1S/C16H23NO3/c18-11-14-9-15(19)10-17(14)6-1-2-12-3-4-16-13(8-12)5-7-20-16/h3-4,8,14-15,18-19H,1-2,5-7,9-11H2/t14-,15+/m0/s1. The van der Waals surface area contributed by atoms with Gasteiger partial charge in [-0.15, -0.1) is 0 Å². The fraction of sp³-hybridized carbons (Fsp3) is 0.625. The molecule has 4 heteroatoms. The Morgan fingerprint density at radius 1 is 1.35 bits per heavy atom. The van der Waals surface area contributed by atoms with Gasteiger partial charge in [-0.05, 0) is 43.0 Å². The third-order valence-electron chi connectivity index (χ3n) is 4.38. The van der Waals surface area contributed by atoms with Crippen molar-refractivity contribution < 1.29 is 14.9 Å². The van der Waals surface area contributed by atoms with Crippen LogP contribution >= 0.6 is 0 Å². The van der Waals surface area contributed by atoms with E-state index in [2.05, 4.69) is 23.1 Å². The second kappa shape index (κ2) is 6.12. The molecule has 1 fully saturated rings. The van der Waals surface area contributed by atoms with E-state index >= 15 is 0 Å². The Morgan fingerprint density at radius 3 is 3.10 bits per heavy atom. The maximum atomic E-state index is 9.66. The van der Waals surface area contributed by atoms with Gasteiger partial charge in [0.2, 0.25) is 0 Å². The van der Waals surface area contributed by atoms with Gasteiger partial charge in [0.1, 0.15) is 5.75 Å². The molecule has 4 nitrogen and oxygen atoms in total. The second-order valence-corrected chi connectivity index (χ2v) is 5.86. The minimum absolute atomic E-state index is 0.137. The molecule has 110 valence electrons. The van der Waals surface area contributed by atoms with Crippen LogP contribution in [0.1, 0.15) is 24.0 Å². The van der Waals surface area contributed by atoms with Crippen molar-refractivity contribution in [3.63, 3.8) is 0 Å². The van der Waals surface area contributed by atoms with Crippen molar-refractivity contribution in [3.05, 3.63) is 29.3 Å². The Morgan fingerprint density at radius 2 is 2.25 bits per heavy atom. The number of aliphatic hydroxyl groups is 2. The number of fused-ring (bicyclic) bond motifs is 1. The van der Waals surface area contributed by atoms with Crippen LogP contribution in [0.15, 0.2) is 18.2 Å². The number of rotatable bonds is 5. The molecule has 0 unspecified atom stereocenters. The van der Waals surface area contributed by atoms with Gasteiger partial charge in [-0.3, -0.25) is 4.90 Å². The molecule has 0 saturated carbocycles. The Labute approximate surface area is 120 Å². The molecule has 2 aliphatic rings. The minimum atomic E-state index is -0.274. The molecule has 0 aromatic heterocycles. The van der Waals surface area contributed by atoms with Gasteiger partial charge < -0.3 is 14.9 Å². The Hall–Kier alpha value is -1.10. The van der Waals surface area contributed by atoms with E-state index in [9.17, 15) is 10.2 Å². The number of nitrogens with zero attached hydrogens (tertiary/aromatic N) is 1. The summed E-state index contributed by atoms with van der Waals surface area (Å²) in [5, 5.41) is 19.0. The zero-order valence-electron chi connectivity index (χ0n) is 11.8. The van der Waals surface area contributed by atoms with Crippen LogP contribution in [0.2, 0.25) is 0 Å². The predicted octanol–water partition coefficient (Wildman–Crippen LogP) is 0.982. The second-order valence-electron chi connectivity index (χ2n) is 5.86. The first-order valence-electron chi connectivity index (χ1n) is 7.54. The molecular formula is C16H23NO3. The van der Waals surface area contributed by atoms with Crippen LogP contribution < -0.4 is 4.74 Å². The van der Waals surface area contributed by atoms with Crippen LogP contribution in [0.25, 0.3) is 0 Å². The van der Waals surface area contributed by atoms with Crippen molar-refractivity contribution in [1.29, 1.82) is 0 Å². The molecule has 0 amide bonds. The number of ether oxygens (including phenoxy) is 1. The number of hydrogen-bond donors (Lipinski definition) is 2. The quantitative estimate of drug-likeness (QED) is 0.842. The summed E-state index contributed by atoms with van der Waals surface area (Å²) in [6.45, 7) is 2.59. The first kappa shape index (κ1) is 13.9. The molecule has 3 rings (SSSR count). The van der Waals surface area contributed by atoms with E-state index in [0.717, 1.165) is 38.2 Å². The SMILES string of the molecule is OC[C@@H]1C[C@@H](O)CN1CCCc1ccc2c(c1)CCO2. The fourth-order valence-electron chi connectivity index (χ4n) is 3.30. The number of likely N-dealkylation sites (tertiary alicyclic amines) is 1. The number of benzene rings is 1. The highest BCUT2D eigenvalue weighted by Gasteiger charge is 2.29. The van der Waals surface area contributed by atoms with E-state index in [-0.39, 0.29) is 18.8 Å². The summed E-state index contributed by atoms with van der Waals surface area (Å²) in [4.78, 5) is 2.21. The van der Waals surface area contributed by atoms with E-state index in [1.54, 1.807) is 0 Å². The predicted molar refractivity (Wildman–Crippen MR) is 77.0 cm³/mol. The Bertz CT molecular complexity index is 463. The van der Waals surface area contributed by atoms with E-state index in [4.69, 9.17) is 4.74 Å². The van der Waals surface area contributed by atoms with E-state index in [1.165, 1.54) is 11.1 Å². The molecule has 0 aliphatic carbocycles. The summed E-state index contributed by atoms with van der Waals surface area (Å²) in [5.74, 6) is 1.04. The summed E-state index contributed by atoms with van der Waals surface area (Å²) in [6, 6.07) is 6.61. The van der Waals surface area contributed by atoms with Gasteiger partial charge in [-0.2, -0.15) is 0 Å². The average molecular weight is 277 g/mol. The molecule has 0 bridgehead atoms. The Kier molecular flexibility index (Phi) is 4.24. The lowest BCUT2D eigenvalue weighted by atomic mass is 10.0. The molecule has 0 spiro atoms. The summed E-state index contributed by atoms with van der Waals surface area (Å²) in [5.41, 5.74) is 2.68. The molecule has 1 aromatic carbocycles.